The van der Waals surface area contributed by atoms with Gasteiger partial charge in [0, 0.05) is 19.5 Å². The Kier molecular flexibility index (Phi) is 8.43. The van der Waals surface area contributed by atoms with E-state index in [0.29, 0.717) is 49.1 Å². The summed E-state index contributed by atoms with van der Waals surface area (Å²) in [6, 6.07) is 14.0. The summed E-state index contributed by atoms with van der Waals surface area (Å²) in [5, 5.41) is 0. The fraction of sp³-hybridized carbons (Fsp3) is 0.414. The number of ether oxygens (including phenoxy) is 2. The van der Waals surface area contributed by atoms with Crippen molar-refractivity contribution in [2.75, 3.05) is 27.3 Å². The highest BCUT2D eigenvalue weighted by atomic mass is 16.5. The van der Waals surface area contributed by atoms with Crippen LogP contribution in [-0.4, -0.2) is 38.1 Å². The molecule has 0 aliphatic carbocycles. The smallest absolute Gasteiger partial charge is 0.289 e. The molecule has 3 aromatic rings. The van der Waals surface area contributed by atoms with E-state index in [0.717, 1.165) is 11.3 Å². The SMILES string of the molecule is COc1ccc(CCN(CC(C)C)C(=O)c2ccc(Cc3c(C)cc(C)cc3C)o2)cc1OC. The molecular formula is C29H37NO4. The topological polar surface area (TPSA) is 51.9 Å². The third-order valence-electron chi connectivity index (χ3n) is 6.05. The minimum atomic E-state index is -0.0715. The average molecular weight is 464 g/mol. The standard InChI is InChI=1S/C29H37NO4/c1-19(2)18-30(13-12-23-8-10-26(32-6)28(16-23)33-7)29(31)27-11-9-24(34-27)17-25-21(4)14-20(3)15-22(25)5/h8-11,14-16,19H,12-13,17-18H2,1-7H3. The molecule has 34 heavy (non-hydrogen) atoms. The number of aryl methyl sites for hydroxylation is 3. The van der Waals surface area contributed by atoms with Crippen LogP contribution in [0.5, 0.6) is 11.5 Å². The molecule has 0 N–H and O–H groups in total. The molecule has 182 valence electrons. The third kappa shape index (κ3) is 6.22. The lowest BCUT2D eigenvalue weighted by atomic mass is 9.97. The van der Waals surface area contributed by atoms with E-state index in [-0.39, 0.29) is 5.91 Å². The van der Waals surface area contributed by atoms with Crippen molar-refractivity contribution in [3.63, 3.8) is 0 Å². The highest BCUT2D eigenvalue weighted by molar-refractivity contribution is 5.91. The minimum Gasteiger partial charge on any atom is -0.493 e. The molecule has 0 fully saturated rings. The minimum absolute atomic E-state index is 0.0715. The lowest BCUT2D eigenvalue weighted by Crippen LogP contribution is -2.35. The van der Waals surface area contributed by atoms with Gasteiger partial charge in [0.1, 0.15) is 5.76 Å². The van der Waals surface area contributed by atoms with Gasteiger partial charge in [-0.15, -0.1) is 0 Å². The number of furan rings is 1. The van der Waals surface area contributed by atoms with E-state index >= 15 is 0 Å². The molecule has 5 heteroatoms. The number of rotatable bonds is 10. The summed E-state index contributed by atoms with van der Waals surface area (Å²) < 4.78 is 16.8. The van der Waals surface area contributed by atoms with Crippen molar-refractivity contribution >= 4 is 5.91 Å². The molecule has 1 heterocycles. The molecular weight excluding hydrogens is 426 g/mol. The Hall–Kier alpha value is -3.21. The maximum atomic E-state index is 13.4. The Morgan fingerprint density at radius 1 is 0.941 bits per heavy atom. The van der Waals surface area contributed by atoms with Gasteiger partial charge in [-0.2, -0.15) is 0 Å². The fourth-order valence-electron chi connectivity index (χ4n) is 4.42. The molecule has 1 amide bonds. The van der Waals surface area contributed by atoms with Crippen LogP contribution in [0.2, 0.25) is 0 Å². The lowest BCUT2D eigenvalue weighted by molar-refractivity contribution is 0.0704. The average Bonchev–Trinajstić information content (AvgIpc) is 3.26. The van der Waals surface area contributed by atoms with Crippen molar-refractivity contribution in [1.29, 1.82) is 0 Å². The first kappa shape index (κ1) is 25.4. The first-order valence-corrected chi connectivity index (χ1v) is 11.9. The summed E-state index contributed by atoms with van der Waals surface area (Å²) in [5.74, 6) is 2.87. The molecule has 0 atom stereocenters. The molecule has 0 aliphatic rings. The van der Waals surface area contributed by atoms with Gasteiger partial charge in [0.05, 0.1) is 14.2 Å². The molecule has 0 aliphatic heterocycles. The van der Waals surface area contributed by atoms with Crippen LogP contribution in [0.15, 0.2) is 46.9 Å². The Labute approximate surface area is 203 Å². The van der Waals surface area contributed by atoms with Crippen molar-refractivity contribution in [1.82, 2.24) is 4.90 Å². The predicted octanol–water partition coefficient (Wildman–Crippen LogP) is 6.15. The summed E-state index contributed by atoms with van der Waals surface area (Å²) >= 11 is 0. The summed E-state index contributed by atoms with van der Waals surface area (Å²) in [7, 11) is 3.25. The van der Waals surface area contributed by atoms with E-state index in [1.807, 2.05) is 29.2 Å². The largest absolute Gasteiger partial charge is 0.493 e. The molecule has 3 rings (SSSR count). The zero-order valence-corrected chi connectivity index (χ0v) is 21.5. The van der Waals surface area contributed by atoms with Crippen LogP contribution in [-0.2, 0) is 12.8 Å². The van der Waals surface area contributed by atoms with Gasteiger partial charge in [-0.25, -0.2) is 0 Å². The Morgan fingerprint density at radius 3 is 2.24 bits per heavy atom. The van der Waals surface area contributed by atoms with Crippen molar-refractivity contribution in [2.45, 2.75) is 47.5 Å². The number of hydrogen-bond donors (Lipinski definition) is 0. The van der Waals surface area contributed by atoms with Gasteiger partial charge in [-0.3, -0.25) is 4.79 Å². The number of carbonyl (C=O) groups is 1. The van der Waals surface area contributed by atoms with Gasteiger partial charge >= 0.3 is 0 Å². The number of benzene rings is 2. The highest BCUT2D eigenvalue weighted by Crippen LogP contribution is 2.28. The second-order valence-corrected chi connectivity index (χ2v) is 9.40. The molecule has 0 unspecified atom stereocenters. The van der Waals surface area contributed by atoms with Gasteiger partial charge < -0.3 is 18.8 Å². The quantitative estimate of drug-likeness (QED) is 0.362. The van der Waals surface area contributed by atoms with E-state index in [9.17, 15) is 4.79 Å². The summed E-state index contributed by atoms with van der Waals surface area (Å²) in [6.07, 6.45) is 1.40. The zero-order valence-electron chi connectivity index (χ0n) is 21.5. The van der Waals surface area contributed by atoms with E-state index in [2.05, 4.69) is 46.8 Å². The van der Waals surface area contributed by atoms with Crippen LogP contribution >= 0.6 is 0 Å². The van der Waals surface area contributed by atoms with Crippen molar-refractivity contribution in [3.05, 3.63) is 81.8 Å². The van der Waals surface area contributed by atoms with Gasteiger partial charge in [0.2, 0.25) is 0 Å². The van der Waals surface area contributed by atoms with Gasteiger partial charge in [-0.05, 0) is 79.6 Å². The van der Waals surface area contributed by atoms with E-state index in [1.54, 1.807) is 20.3 Å². The molecule has 0 saturated carbocycles. The maximum absolute atomic E-state index is 13.4. The molecule has 0 radical (unpaired) electrons. The van der Waals surface area contributed by atoms with Crippen molar-refractivity contribution < 1.29 is 18.7 Å². The van der Waals surface area contributed by atoms with E-state index in [1.165, 1.54) is 22.3 Å². The zero-order chi connectivity index (χ0) is 24.8. The van der Waals surface area contributed by atoms with Gasteiger partial charge in [0.25, 0.3) is 5.91 Å². The third-order valence-corrected chi connectivity index (χ3v) is 6.05. The molecule has 0 spiro atoms. The molecule has 2 aromatic carbocycles. The predicted molar refractivity (Wildman–Crippen MR) is 136 cm³/mol. The Morgan fingerprint density at radius 2 is 1.62 bits per heavy atom. The van der Waals surface area contributed by atoms with Crippen molar-refractivity contribution in [3.8, 4) is 11.5 Å². The van der Waals surface area contributed by atoms with Crippen LogP contribution in [0.4, 0.5) is 0 Å². The second-order valence-electron chi connectivity index (χ2n) is 9.40. The molecule has 0 saturated heterocycles. The van der Waals surface area contributed by atoms with Crippen LogP contribution in [0.3, 0.4) is 0 Å². The highest BCUT2D eigenvalue weighted by Gasteiger charge is 2.21. The number of amides is 1. The fourth-order valence-corrected chi connectivity index (χ4v) is 4.42. The van der Waals surface area contributed by atoms with Gasteiger partial charge in [-0.1, -0.05) is 37.6 Å². The number of hydrogen-bond acceptors (Lipinski definition) is 4. The second kappa shape index (κ2) is 11.3. The van der Waals surface area contributed by atoms with Crippen LogP contribution in [0, 0.1) is 26.7 Å². The molecule has 0 bridgehead atoms. The normalized spacial score (nSPS) is 11.1. The molecule has 5 nitrogen and oxygen atoms in total. The Bertz CT molecular complexity index is 1110. The number of nitrogens with zero attached hydrogens (tertiary/aromatic N) is 1. The Balaban J connectivity index is 1.74. The van der Waals surface area contributed by atoms with E-state index in [4.69, 9.17) is 13.9 Å². The summed E-state index contributed by atoms with van der Waals surface area (Å²) in [5.41, 5.74) is 6.10. The first-order chi connectivity index (χ1) is 16.2. The summed E-state index contributed by atoms with van der Waals surface area (Å²) in [4.78, 5) is 15.2. The number of carbonyl (C=O) groups excluding carboxylic acids is 1. The van der Waals surface area contributed by atoms with Crippen LogP contribution in [0.25, 0.3) is 0 Å². The number of methoxy groups -OCH3 is 2. The summed E-state index contributed by atoms with van der Waals surface area (Å²) in [6.45, 7) is 11.9. The van der Waals surface area contributed by atoms with Crippen molar-refractivity contribution in [2.24, 2.45) is 5.92 Å². The first-order valence-electron chi connectivity index (χ1n) is 11.9. The van der Waals surface area contributed by atoms with E-state index < -0.39 is 0 Å². The molecule has 1 aromatic heterocycles. The van der Waals surface area contributed by atoms with Crippen LogP contribution in [0.1, 0.15) is 58.0 Å². The van der Waals surface area contributed by atoms with Gasteiger partial charge in [0.15, 0.2) is 17.3 Å². The lowest BCUT2D eigenvalue weighted by Gasteiger charge is -2.24. The monoisotopic (exact) mass is 463 g/mol. The van der Waals surface area contributed by atoms with Crippen LogP contribution < -0.4 is 9.47 Å². The maximum Gasteiger partial charge on any atom is 0.289 e.